The molecule has 122 valence electrons. The summed E-state index contributed by atoms with van der Waals surface area (Å²) in [6.45, 7) is 7.80. The van der Waals surface area contributed by atoms with E-state index in [1.165, 1.54) is 0 Å². The smallest absolute Gasteiger partial charge is 0.226 e. The Morgan fingerprint density at radius 1 is 1.27 bits per heavy atom. The summed E-state index contributed by atoms with van der Waals surface area (Å²) in [5.74, 6) is 0.997. The molecule has 0 atom stereocenters. The molecule has 0 spiro atoms. The number of morpholine rings is 1. The highest BCUT2D eigenvalue weighted by Gasteiger charge is 2.14. The SMILES string of the molecule is CCOc1ccc(CC(=O)N(C)CCN2CCOCC2)cc1. The van der Waals surface area contributed by atoms with Crippen LogP contribution in [0.2, 0.25) is 0 Å². The van der Waals surface area contributed by atoms with Gasteiger partial charge in [0, 0.05) is 33.2 Å². The Hall–Kier alpha value is -1.59. The first-order valence-corrected chi connectivity index (χ1v) is 7.95. The van der Waals surface area contributed by atoms with Gasteiger partial charge in [0.1, 0.15) is 5.75 Å². The topological polar surface area (TPSA) is 42.0 Å². The molecule has 1 aliphatic heterocycles. The fraction of sp³-hybridized carbons (Fsp3) is 0.588. The molecule has 5 heteroatoms. The number of ether oxygens (including phenoxy) is 2. The van der Waals surface area contributed by atoms with Crippen molar-refractivity contribution in [3.63, 3.8) is 0 Å². The van der Waals surface area contributed by atoms with E-state index in [-0.39, 0.29) is 5.91 Å². The van der Waals surface area contributed by atoms with Crippen molar-refractivity contribution in [1.82, 2.24) is 9.80 Å². The average molecular weight is 306 g/mol. The van der Waals surface area contributed by atoms with Gasteiger partial charge in [0.25, 0.3) is 0 Å². The van der Waals surface area contributed by atoms with E-state index >= 15 is 0 Å². The molecule has 1 aromatic carbocycles. The quantitative estimate of drug-likeness (QED) is 0.764. The molecule has 5 nitrogen and oxygen atoms in total. The van der Waals surface area contributed by atoms with Gasteiger partial charge in [0.05, 0.1) is 26.2 Å². The monoisotopic (exact) mass is 306 g/mol. The van der Waals surface area contributed by atoms with Gasteiger partial charge in [-0.05, 0) is 24.6 Å². The van der Waals surface area contributed by atoms with Crippen LogP contribution in [0.25, 0.3) is 0 Å². The zero-order valence-electron chi connectivity index (χ0n) is 13.6. The highest BCUT2D eigenvalue weighted by molar-refractivity contribution is 5.78. The van der Waals surface area contributed by atoms with Crippen LogP contribution in [0, 0.1) is 0 Å². The Morgan fingerprint density at radius 3 is 2.59 bits per heavy atom. The van der Waals surface area contributed by atoms with Crippen molar-refractivity contribution in [2.45, 2.75) is 13.3 Å². The fourth-order valence-corrected chi connectivity index (χ4v) is 2.42. The minimum Gasteiger partial charge on any atom is -0.494 e. The predicted molar refractivity (Wildman–Crippen MR) is 86.2 cm³/mol. The van der Waals surface area contributed by atoms with Crippen LogP contribution in [0.4, 0.5) is 0 Å². The number of benzene rings is 1. The molecule has 1 amide bonds. The van der Waals surface area contributed by atoms with Crippen molar-refractivity contribution >= 4 is 5.91 Å². The molecule has 1 aromatic rings. The van der Waals surface area contributed by atoms with Gasteiger partial charge in [-0.25, -0.2) is 0 Å². The largest absolute Gasteiger partial charge is 0.494 e. The zero-order valence-corrected chi connectivity index (χ0v) is 13.6. The van der Waals surface area contributed by atoms with Crippen LogP contribution in [0.5, 0.6) is 5.75 Å². The van der Waals surface area contributed by atoms with Crippen LogP contribution in [0.15, 0.2) is 24.3 Å². The van der Waals surface area contributed by atoms with Crippen molar-refractivity contribution in [1.29, 1.82) is 0 Å². The predicted octanol–water partition coefficient (Wildman–Crippen LogP) is 1.42. The van der Waals surface area contributed by atoms with Crippen LogP contribution < -0.4 is 4.74 Å². The number of carbonyl (C=O) groups excluding carboxylic acids is 1. The minimum atomic E-state index is 0.150. The van der Waals surface area contributed by atoms with Crippen molar-refractivity contribution in [3.05, 3.63) is 29.8 Å². The van der Waals surface area contributed by atoms with Gasteiger partial charge in [-0.2, -0.15) is 0 Å². The maximum atomic E-state index is 12.2. The third-order valence-corrected chi connectivity index (χ3v) is 3.87. The Balaban J connectivity index is 1.75. The molecule has 22 heavy (non-hydrogen) atoms. The third-order valence-electron chi connectivity index (χ3n) is 3.87. The molecule has 1 heterocycles. The first kappa shape index (κ1) is 16.8. The number of hydrogen-bond donors (Lipinski definition) is 0. The summed E-state index contributed by atoms with van der Waals surface area (Å²) in [4.78, 5) is 16.4. The first-order valence-electron chi connectivity index (χ1n) is 7.95. The van der Waals surface area contributed by atoms with E-state index in [0.29, 0.717) is 13.0 Å². The molecular weight excluding hydrogens is 280 g/mol. The van der Waals surface area contributed by atoms with E-state index < -0.39 is 0 Å². The van der Waals surface area contributed by atoms with Gasteiger partial charge in [0.15, 0.2) is 0 Å². The Kier molecular flexibility index (Phi) is 6.68. The van der Waals surface area contributed by atoms with Gasteiger partial charge in [0.2, 0.25) is 5.91 Å². The van der Waals surface area contributed by atoms with Gasteiger partial charge >= 0.3 is 0 Å². The number of hydrogen-bond acceptors (Lipinski definition) is 4. The summed E-state index contributed by atoms with van der Waals surface area (Å²) in [6.07, 6.45) is 0.437. The molecule has 0 unspecified atom stereocenters. The number of carbonyl (C=O) groups is 1. The maximum absolute atomic E-state index is 12.2. The highest BCUT2D eigenvalue weighted by Crippen LogP contribution is 2.13. The van der Waals surface area contributed by atoms with E-state index in [0.717, 1.165) is 50.7 Å². The van der Waals surface area contributed by atoms with Crippen molar-refractivity contribution < 1.29 is 14.3 Å². The molecule has 0 radical (unpaired) electrons. The molecule has 0 aromatic heterocycles. The summed E-state index contributed by atoms with van der Waals surface area (Å²) in [5, 5.41) is 0. The van der Waals surface area contributed by atoms with Gasteiger partial charge in [-0.3, -0.25) is 9.69 Å². The van der Waals surface area contributed by atoms with Crippen LogP contribution >= 0.6 is 0 Å². The number of rotatable bonds is 7. The summed E-state index contributed by atoms with van der Waals surface area (Å²) in [6, 6.07) is 7.75. The van der Waals surface area contributed by atoms with E-state index in [1.807, 2.05) is 43.1 Å². The standard InChI is InChI=1S/C17H26N2O3/c1-3-22-16-6-4-15(5-7-16)14-17(20)18(2)8-9-19-10-12-21-13-11-19/h4-7H,3,8-14H2,1-2H3. The Labute approximate surface area is 132 Å². The lowest BCUT2D eigenvalue weighted by molar-refractivity contribution is -0.129. The van der Waals surface area contributed by atoms with Crippen LogP contribution in [-0.4, -0.2) is 68.8 Å². The molecule has 1 fully saturated rings. The number of likely N-dealkylation sites (N-methyl/N-ethyl adjacent to an activating group) is 1. The van der Waals surface area contributed by atoms with E-state index in [1.54, 1.807) is 0 Å². The van der Waals surface area contributed by atoms with E-state index in [4.69, 9.17) is 9.47 Å². The highest BCUT2D eigenvalue weighted by atomic mass is 16.5. The Morgan fingerprint density at radius 2 is 1.95 bits per heavy atom. The number of nitrogens with zero attached hydrogens (tertiary/aromatic N) is 2. The zero-order chi connectivity index (χ0) is 15.8. The second-order valence-corrected chi connectivity index (χ2v) is 5.52. The van der Waals surface area contributed by atoms with Gasteiger partial charge in [-0.1, -0.05) is 12.1 Å². The number of amides is 1. The van der Waals surface area contributed by atoms with Gasteiger partial charge < -0.3 is 14.4 Å². The van der Waals surface area contributed by atoms with Crippen molar-refractivity contribution in [2.24, 2.45) is 0 Å². The van der Waals surface area contributed by atoms with Crippen LogP contribution in [0.3, 0.4) is 0 Å². The summed E-state index contributed by atoms with van der Waals surface area (Å²) in [5.41, 5.74) is 1.02. The second kappa shape index (κ2) is 8.76. The lowest BCUT2D eigenvalue weighted by atomic mass is 10.1. The fourth-order valence-electron chi connectivity index (χ4n) is 2.42. The maximum Gasteiger partial charge on any atom is 0.226 e. The van der Waals surface area contributed by atoms with Crippen LogP contribution in [-0.2, 0) is 16.0 Å². The minimum absolute atomic E-state index is 0.150. The molecule has 0 bridgehead atoms. The van der Waals surface area contributed by atoms with Crippen molar-refractivity contribution in [2.75, 3.05) is 53.0 Å². The van der Waals surface area contributed by atoms with Crippen LogP contribution in [0.1, 0.15) is 12.5 Å². The molecule has 0 saturated carbocycles. The molecular formula is C17H26N2O3. The van der Waals surface area contributed by atoms with Crippen molar-refractivity contribution in [3.8, 4) is 5.75 Å². The third kappa shape index (κ3) is 5.31. The first-order chi connectivity index (χ1) is 10.7. The molecule has 0 N–H and O–H groups in total. The van der Waals surface area contributed by atoms with Gasteiger partial charge in [-0.15, -0.1) is 0 Å². The van der Waals surface area contributed by atoms with E-state index in [2.05, 4.69) is 4.90 Å². The lowest BCUT2D eigenvalue weighted by Crippen LogP contribution is -2.42. The second-order valence-electron chi connectivity index (χ2n) is 5.52. The summed E-state index contributed by atoms with van der Waals surface area (Å²) < 4.78 is 10.7. The Bertz CT molecular complexity index is 455. The molecule has 2 rings (SSSR count). The average Bonchev–Trinajstić information content (AvgIpc) is 2.55. The molecule has 1 saturated heterocycles. The molecule has 0 aliphatic carbocycles. The summed E-state index contributed by atoms with van der Waals surface area (Å²) >= 11 is 0. The molecule has 1 aliphatic rings. The lowest BCUT2D eigenvalue weighted by Gasteiger charge is -2.28. The van der Waals surface area contributed by atoms with E-state index in [9.17, 15) is 4.79 Å². The normalized spacial score (nSPS) is 15.5. The summed E-state index contributed by atoms with van der Waals surface area (Å²) in [7, 11) is 1.87.